The molecule has 0 unspecified atom stereocenters. The molecule has 1 aromatic heterocycles. The van der Waals surface area contributed by atoms with Gasteiger partial charge < -0.3 is 9.30 Å². The quantitative estimate of drug-likeness (QED) is 0.788. The summed E-state index contributed by atoms with van der Waals surface area (Å²) in [5.41, 5.74) is 2.22. The highest BCUT2D eigenvalue weighted by atomic mass is 16.5. The molecule has 16 heavy (non-hydrogen) atoms. The third kappa shape index (κ3) is 2.42. The fraction of sp³-hybridized carbons (Fsp3) is 0.308. The van der Waals surface area contributed by atoms with Crippen molar-refractivity contribution in [1.29, 1.82) is 0 Å². The van der Waals surface area contributed by atoms with E-state index in [-0.39, 0.29) is 0 Å². The van der Waals surface area contributed by atoms with E-state index in [4.69, 9.17) is 4.74 Å². The zero-order chi connectivity index (χ0) is 11.5. The number of nitrogens with zero attached hydrogens (tertiary/aromatic N) is 2. The second-order valence-electron chi connectivity index (χ2n) is 4.01. The Balaban J connectivity index is 2.05. The van der Waals surface area contributed by atoms with Crippen molar-refractivity contribution in [1.82, 2.24) is 9.55 Å². The van der Waals surface area contributed by atoms with Gasteiger partial charge in [0.05, 0.1) is 5.69 Å². The average molecular weight is 216 g/mol. The molecule has 0 fully saturated rings. The van der Waals surface area contributed by atoms with E-state index in [0.717, 1.165) is 17.3 Å². The van der Waals surface area contributed by atoms with Gasteiger partial charge in [-0.05, 0) is 31.5 Å². The van der Waals surface area contributed by atoms with Crippen LogP contribution in [0.15, 0.2) is 30.5 Å². The van der Waals surface area contributed by atoms with Crippen molar-refractivity contribution in [2.45, 2.75) is 20.5 Å². The van der Waals surface area contributed by atoms with Crippen LogP contribution in [0.4, 0.5) is 0 Å². The number of ether oxygens (including phenoxy) is 1. The lowest BCUT2D eigenvalue weighted by Gasteiger charge is -2.06. The van der Waals surface area contributed by atoms with Gasteiger partial charge in [0.2, 0.25) is 0 Å². The number of hydrogen-bond acceptors (Lipinski definition) is 2. The molecule has 2 aromatic rings. The Morgan fingerprint density at radius 2 is 2.12 bits per heavy atom. The normalized spacial score (nSPS) is 10.4. The second kappa shape index (κ2) is 4.39. The van der Waals surface area contributed by atoms with Crippen molar-refractivity contribution in [2.24, 2.45) is 7.05 Å². The van der Waals surface area contributed by atoms with Gasteiger partial charge in [0, 0.05) is 13.2 Å². The zero-order valence-corrected chi connectivity index (χ0v) is 9.90. The first kappa shape index (κ1) is 10.7. The first-order chi connectivity index (χ1) is 7.65. The molecule has 0 N–H and O–H groups in total. The fourth-order valence-corrected chi connectivity index (χ4v) is 1.65. The van der Waals surface area contributed by atoms with Crippen LogP contribution in [0.1, 0.15) is 17.1 Å². The summed E-state index contributed by atoms with van der Waals surface area (Å²) in [6, 6.07) is 8.03. The molecule has 3 nitrogen and oxygen atoms in total. The third-order valence-corrected chi connectivity index (χ3v) is 2.45. The smallest absolute Gasteiger partial charge is 0.146 e. The predicted molar refractivity (Wildman–Crippen MR) is 63.5 cm³/mol. The van der Waals surface area contributed by atoms with E-state index in [1.165, 1.54) is 5.56 Å². The molecule has 84 valence electrons. The van der Waals surface area contributed by atoms with Gasteiger partial charge in [0.15, 0.2) is 0 Å². The lowest BCUT2D eigenvalue weighted by Crippen LogP contribution is -2.02. The highest BCUT2D eigenvalue weighted by Gasteiger charge is 2.03. The maximum absolute atomic E-state index is 5.68. The monoisotopic (exact) mass is 216 g/mol. The Kier molecular flexibility index (Phi) is 2.95. The molecule has 0 saturated heterocycles. The number of aryl methyl sites for hydroxylation is 3. The Morgan fingerprint density at radius 1 is 1.31 bits per heavy atom. The van der Waals surface area contributed by atoms with Crippen LogP contribution in [-0.2, 0) is 13.7 Å². The van der Waals surface area contributed by atoms with E-state index in [9.17, 15) is 0 Å². The van der Waals surface area contributed by atoms with Crippen LogP contribution in [0, 0.1) is 13.8 Å². The first-order valence-corrected chi connectivity index (χ1v) is 5.33. The van der Waals surface area contributed by atoms with Crippen molar-refractivity contribution in [2.75, 3.05) is 0 Å². The van der Waals surface area contributed by atoms with Gasteiger partial charge in [0.1, 0.15) is 18.2 Å². The van der Waals surface area contributed by atoms with Crippen molar-refractivity contribution in [3.8, 4) is 5.75 Å². The van der Waals surface area contributed by atoms with Crippen LogP contribution in [0.3, 0.4) is 0 Å². The second-order valence-corrected chi connectivity index (χ2v) is 4.01. The number of hydrogen-bond donors (Lipinski definition) is 0. The molecule has 0 amide bonds. The summed E-state index contributed by atoms with van der Waals surface area (Å²) in [5.74, 6) is 1.83. The van der Waals surface area contributed by atoms with Gasteiger partial charge in [-0.15, -0.1) is 0 Å². The van der Waals surface area contributed by atoms with E-state index in [0.29, 0.717) is 6.61 Å². The molecule has 1 aromatic carbocycles. The van der Waals surface area contributed by atoms with Gasteiger partial charge in [0.25, 0.3) is 0 Å². The highest BCUT2D eigenvalue weighted by Crippen LogP contribution is 2.14. The Hall–Kier alpha value is -1.77. The molecule has 0 saturated carbocycles. The molecule has 0 aliphatic rings. The SMILES string of the molecule is Cc1cccc(OCc2nc(C)cn2C)c1. The molecule has 0 aliphatic carbocycles. The molecule has 0 atom stereocenters. The molecule has 2 rings (SSSR count). The van der Waals surface area contributed by atoms with Gasteiger partial charge in [-0.25, -0.2) is 4.98 Å². The number of rotatable bonds is 3. The minimum atomic E-state index is 0.508. The highest BCUT2D eigenvalue weighted by molar-refractivity contribution is 5.27. The van der Waals surface area contributed by atoms with Crippen molar-refractivity contribution in [3.05, 3.63) is 47.5 Å². The molecule has 0 radical (unpaired) electrons. The minimum Gasteiger partial charge on any atom is -0.486 e. The van der Waals surface area contributed by atoms with Gasteiger partial charge in [-0.1, -0.05) is 12.1 Å². The summed E-state index contributed by atoms with van der Waals surface area (Å²) in [7, 11) is 1.98. The summed E-state index contributed by atoms with van der Waals surface area (Å²) in [6.45, 7) is 4.54. The Morgan fingerprint density at radius 3 is 2.75 bits per heavy atom. The molecule has 3 heteroatoms. The van der Waals surface area contributed by atoms with Crippen molar-refractivity contribution in [3.63, 3.8) is 0 Å². The van der Waals surface area contributed by atoms with Gasteiger partial charge >= 0.3 is 0 Å². The Bertz CT molecular complexity index is 488. The van der Waals surface area contributed by atoms with Crippen LogP contribution >= 0.6 is 0 Å². The fourth-order valence-electron chi connectivity index (χ4n) is 1.65. The van der Waals surface area contributed by atoms with Gasteiger partial charge in [-0.2, -0.15) is 0 Å². The maximum atomic E-state index is 5.68. The topological polar surface area (TPSA) is 27.1 Å². The van der Waals surface area contributed by atoms with Crippen molar-refractivity contribution >= 4 is 0 Å². The number of aromatic nitrogens is 2. The summed E-state index contributed by atoms with van der Waals surface area (Å²) in [4.78, 5) is 4.39. The zero-order valence-electron chi connectivity index (χ0n) is 9.90. The molecule has 0 spiro atoms. The molecular formula is C13H16N2O. The molecular weight excluding hydrogens is 200 g/mol. The van der Waals surface area contributed by atoms with Crippen LogP contribution in [0.5, 0.6) is 5.75 Å². The van der Waals surface area contributed by atoms with E-state index in [1.54, 1.807) is 0 Å². The first-order valence-electron chi connectivity index (χ1n) is 5.33. The lowest BCUT2D eigenvalue weighted by molar-refractivity contribution is 0.291. The van der Waals surface area contributed by atoms with Crippen LogP contribution in [-0.4, -0.2) is 9.55 Å². The van der Waals surface area contributed by atoms with E-state index in [1.807, 2.05) is 42.9 Å². The van der Waals surface area contributed by atoms with Gasteiger partial charge in [-0.3, -0.25) is 0 Å². The maximum Gasteiger partial charge on any atom is 0.146 e. The number of benzene rings is 1. The minimum absolute atomic E-state index is 0.508. The Labute approximate surface area is 95.7 Å². The van der Waals surface area contributed by atoms with Crippen molar-refractivity contribution < 1.29 is 4.74 Å². The standard InChI is InChI=1S/C13H16N2O/c1-10-5-4-6-12(7-10)16-9-13-14-11(2)8-15(13)3/h4-8H,9H2,1-3H3. The molecule has 0 aliphatic heterocycles. The van der Waals surface area contributed by atoms with Crippen LogP contribution in [0.25, 0.3) is 0 Å². The summed E-state index contributed by atoms with van der Waals surface area (Å²) < 4.78 is 7.67. The largest absolute Gasteiger partial charge is 0.486 e. The van der Waals surface area contributed by atoms with Crippen LogP contribution in [0.2, 0.25) is 0 Å². The van der Waals surface area contributed by atoms with E-state index >= 15 is 0 Å². The van der Waals surface area contributed by atoms with E-state index < -0.39 is 0 Å². The average Bonchev–Trinajstić information content (AvgIpc) is 2.54. The third-order valence-electron chi connectivity index (χ3n) is 2.45. The van der Waals surface area contributed by atoms with E-state index in [2.05, 4.69) is 18.0 Å². The number of imidazole rings is 1. The molecule has 0 bridgehead atoms. The summed E-state index contributed by atoms with van der Waals surface area (Å²) in [6.07, 6.45) is 1.99. The molecule has 1 heterocycles. The summed E-state index contributed by atoms with van der Waals surface area (Å²) in [5, 5.41) is 0. The predicted octanol–water partition coefficient (Wildman–Crippen LogP) is 2.62. The lowest BCUT2D eigenvalue weighted by atomic mass is 10.2. The summed E-state index contributed by atoms with van der Waals surface area (Å²) >= 11 is 0. The van der Waals surface area contributed by atoms with Crippen LogP contribution < -0.4 is 4.74 Å².